The minimum Gasteiger partial charge on any atom is -0.392 e. The molecular formula is C13H13FN2O. The van der Waals surface area contributed by atoms with Gasteiger partial charge in [0.15, 0.2) is 5.82 Å². The van der Waals surface area contributed by atoms with E-state index in [0.29, 0.717) is 5.82 Å². The molecule has 0 unspecified atom stereocenters. The molecule has 0 aliphatic rings. The number of rotatable bonds is 2. The van der Waals surface area contributed by atoms with Gasteiger partial charge in [0.1, 0.15) is 5.82 Å². The highest BCUT2D eigenvalue weighted by Gasteiger charge is 2.08. The normalized spacial score (nSPS) is 10.6. The molecule has 1 aromatic heterocycles. The molecule has 3 nitrogen and oxygen atoms in total. The molecule has 0 aliphatic heterocycles. The lowest BCUT2D eigenvalue weighted by Crippen LogP contribution is -2.02. The maximum Gasteiger partial charge on any atom is 0.159 e. The second kappa shape index (κ2) is 4.59. The van der Waals surface area contributed by atoms with Crippen molar-refractivity contribution in [1.82, 2.24) is 9.97 Å². The molecule has 2 aromatic rings. The van der Waals surface area contributed by atoms with Gasteiger partial charge in [-0.05, 0) is 38.1 Å². The van der Waals surface area contributed by atoms with Gasteiger partial charge in [-0.3, -0.25) is 0 Å². The summed E-state index contributed by atoms with van der Waals surface area (Å²) in [7, 11) is 0. The van der Waals surface area contributed by atoms with Crippen molar-refractivity contribution in [2.24, 2.45) is 0 Å². The summed E-state index contributed by atoms with van der Waals surface area (Å²) in [6.45, 7) is 3.59. The quantitative estimate of drug-likeness (QED) is 0.864. The Morgan fingerprint density at radius 1 is 1.06 bits per heavy atom. The Bertz CT molecular complexity index is 515. The van der Waals surface area contributed by atoms with E-state index in [1.807, 2.05) is 13.8 Å². The van der Waals surface area contributed by atoms with Crippen molar-refractivity contribution in [3.8, 4) is 11.4 Å². The van der Waals surface area contributed by atoms with Crippen molar-refractivity contribution in [3.63, 3.8) is 0 Å². The third kappa shape index (κ3) is 2.31. The predicted octanol–water partition coefficient (Wildman–Crippen LogP) is 2.39. The van der Waals surface area contributed by atoms with Crippen molar-refractivity contribution in [1.29, 1.82) is 0 Å². The second-order valence-electron chi connectivity index (χ2n) is 3.86. The summed E-state index contributed by atoms with van der Waals surface area (Å²) in [5, 5.41) is 9.17. The van der Waals surface area contributed by atoms with Crippen LogP contribution in [0.15, 0.2) is 24.3 Å². The van der Waals surface area contributed by atoms with Gasteiger partial charge in [0.25, 0.3) is 0 Å². The number of halogens is 1. The van der Waals surface area contributed by atoms with Gasteiger partial charge in [0, 0.05) is 22.5 Å². The molecule has 0 saturated heterocycles. The zero-order valence-electron chi connectivity index (χ0n) is 9.74. The van der Waals surface area contributed by atoms with Gasteiger partial charge in [-0.2, -0.15) is 0 Å². The number of benzene rings is 1. The number of aliphatic hydroxyl groups excluding tert-OH is 1. The van der Waals surface area contributed by atoms with Crippen LogP contribution in [-0.4, -0.2) is 15.1 Å². The molecule has 88 valence electrons. The summed E-state index contributed by atoms with van der Waals surface area (Å²) < 4.78 is 12.8. The molecule has 1 N–H and O–H groups in total. The van der Waals surface area contributed by atoms with Gasteiger partial charge in [0.05, 0.1) is 6.61 Å². The van der Waals surface area contributed by atoms with E-state index in [1.165, 1.54) is 12.1 Å². The van der Waals surface area contributed by atoms with Crippen molar-refractivity contribution in [2.75, 3.05) is 0 Å². The van der Waals surface area contributed by atoms with Crippen molar-refractivity contribution >= 4 is 0 Å². The van der Waals surface area contributed by atoms with Crippen LogP contribution in [0.25, 0.3) is 11.4 Å². The van der Waals surface area contributed by atoms with Crippen LogP contribution < -0.4 is 0 Å². The molecular weight excluding hydrogens is 219 g/mol. The fourth-order valence-electron chi connectivity index (χ4n) is 1.70. The SMILES string of the molecule is Cc1nc(-c2ccc(F)cc2)nc(C)c1CO. The van der Waals surface area contributed by atoms with Gasteiger partial charge >= 0.3 is 0 Å². The van der Waals surface area contributed by atoms with Gasteiger partial charge in [-0.1, -0.05) is 0 Å². The Balaban J connectivity index is 2.50. The standard InChI is InChI=1S/C13H13FN2O/c1-8-12(7-17)9(2)16-13(15-8)10-3-5-11(14)6-4-10/h3-6,17H,7H2,1-2H3. The zero-order chi connectivity index (χ0) is 12.4. The maximum atomic E-state index is 12.8. The fourth-order valence-corrected chi connectivity index (χ4v) is 1.70. The molecule has 1 heterocycles. The van der Waals surface area contributed by atoms with Crippen molar-refractivity contribution < 1.29 is 9.50 Å². The molecule has 0 fully saturated rings. The molecule has 0 radical (unpaired) electrons. The Morgan fingerprint density at radius 2 is 1.59 bits per heavy atom. The molecule has 0 bridgehead atoms. The van der Waals surface area contributed by atoms with Crippen molar-refractivity contribution in [2.45, 2.75) is 20.5 Å². The van der Waals surface area contributed by atoms with Gasteiger partial charge in [-0.25, -0.2) is 14.4 Å². The fraction of sp³-hybridized carbons (Fsp3) is 0.231. The van der Waals surface area contributed by atoms with Crippen LogP contribution in [0.4, 0.5) is 4.39 Å². The van der Waals surface area contributed by atoms with Gasteiger partial charge < -0.3 is 5.11 Å². The van der Waals surface area contributed by atoms with Crippen LogP contribution in [0.3, 0.4) is 0 Å². The molecule has 4 heteroatoms. The van der Waals surface area contributed by atoms with Crippen LogP contribution in [0.5, 0.6) is 0 Å². The van der Waals surface area contributed by atoms with E-state index < -0.39 is 0 Å². The summed E-state index contributed by atoms with van der Waals surface area (Å²) in [5.74, 6) is 0.270. The minimum atomic E-state index is -0.283. The molecule has 0 atom stereocenters. The average molecular weight is 232 g/mol. The summed E-state index contributed by atoms with van der Waals surface area (Å²) in [4.78, 5) is 8.62. The first-order valence-corrected chi connectivity index (χ1v) is 5.32. The Hall–Kier alpha value is -1.81. The molecule has 1 aromatic carbocycles. The van der Waals surface area contributed by atoms with Gasteiger partial charge in [0.2, 0.25) is 0 Å². The third-order valence-corrected chi connectivity index (χ3v) is 2.68. The highest BCUT2D eigenvalue weighted by Crippen LogP contribution is 2.19. The molecule has 0 spiro atoms. The third-order valence-electron chi connectivity index (χ3n) is 2.68. The molecule has 0 aliphatic carbocycles. The molecule has 0 amide bonds. The van der Waals surface area contributed by atoms with E-state index in [0.717, 1.165) is 22.5 Å². The van der Waals surface area contributed by atoms with Crippen LogP contribution in [-0.2, 0) is 6.61 Å². The summed E-state index contributed by atoms with van der Waals surface area (Å²) in [6, 6.07) is 6.04. The lowest BCUT2D eigenvalue weighted by atomic mass is 10.1. The summed E-state index contributed by atoms with van der Waals surface area (Å²) in [6.07, 6.45) is 0. The Labute approximate surface area is 99.0 Å². The zero-order valence-corrected chi connectivity index (χ0v) is 9.74. The first kappa shape index (κ1) is 11.7. The van der Waals surface area contributed by atoms with E-state index in [1.54, 1.807) is 12.1 Å². The van der Waals surface area contributed by atoms with Crippen LogP contribution in [0.2, 0.25) is 0 Å². The van der Waals surface area contributed by atoms with E-state index in [4.69, 9.17) is 5.11 Å². The number of aliphatic hydroxyl groups is 1. The minimum absolute atomic E-state index is 0.0681. The molecule has 0 saturated carbocycles. The lowest BCUT2D eigenvalue weighted by molar-refractivity contribution is 0.279. The number of hydrogen-bond donors (Lipinski definition) is 1. The van der Waals surface area contributed by atoms with Crippen LogP contribution >= 0.6 is 0 Å². The molecule has 2 rings (SSSR count). The van der Waals surface area contributed by atoms with E-state index in [2.05, 4.69) is 9.97 Å². The average Bonchev–Trinajstić information content (AvgIpc) is 2.29. The summed E-state index contributed by atoms with van der Waals surface area (Å²) in [5.41, 5.74) is 3.01. The van der Waals surface area contributed by atoms with Crippen LogP contribution in [0, 0.1) is 19.7 Å². The highest BCUT2D eigenvalue weighted by molar-refractivity contribution is 5.55. The number of nitrogens with zero attached hydrogens (tertiary/aromatic N) is 2. The van der Waals surface area contributed by atoms with Gasteiger partial charge in [-0.15, -0.1) is 0 Å². The lowest BCUT2D eigenvalue weighted by Gasteiger charge is -2.08. The number of aromatic nitrogens is 2. The van der Waals surface area contributed by atoms with E-state index in [-0.39, 0.29) is 12.4 Å². The van der Waals surface area contributed by atoms with Crippen molar-refractivity contribution in [3.05, 3.63) is 47.0 Å². The monoisotopic (exact) mass is 232 g/mol. The second-order valence-corrected chi connectivity index (χ2v) is 3.86. The number of hydrogen-bond acceptors (Lipinski definition) is 3. The number of aryl methyl sites for hydroxylation is 2. The van der Waals surface area contributed by atoms with E-state index >= 15 is 0 Å². The smallest absolute Gasteiger partial charge is 0.159 e. The maximum absolute atomic E-state index is 12.8. The van der Waals surface area contributed by atoms with Crippen LogP contribution in [0.1, 0.15) is 17.0 Å². The summed E-state index contributed by atoms with van der Waals surface area (Å²) >= 11 is 0. The first-order valence-electron chi connectivity index (χ1n) is 5.32. The van der Waals surface area contributed by atoms with E-state index in [9.17, 15) is 4.39 Å². The predicted molar refractivity (Wildman–Crippen MR) is 62.8 cm³/mol. The Kier molecular flexibility index (Phi) is 3.15. The topological polar surface area (TPSA) is 46.0 Å². The highest BCUT2D eigenvalue weighted by atomic mass is 19.1. The largest absolute Gasteiger partial charge is 0.392 e. The molecule has 17 heavy (non-hydrogen) atoms. The Morgan fingerprint density at radius 3 is 2.06 bits per heavy atom. The first-order chi connectivity index (χ1) is 8.11.